The van der Waals surface area contributed by atoms with Gasteiger partial charge in [-0.05, 0) is 31.2 Å². The van der Waals surface area contributed by atoms with E-state index in [0.717, 1.165) is 11.0 Å². The molecular weight excluding hydrogens is 292 g/mol. The van der Waals surface area contributed by atoms with E-state index in [0.29, 0.717) is 16.9 Å². The summed E-state index contributed by atoms with van der Waals surface area (Å²) in [6.45, 7) is 2.85. The van der Waals surface area contributed by atoms with Crippen LogP contribution >= 0.6 is 11.6 Å². The van der Waals surface area contributed by atoms with Crippen molar-refractivity contribution in [3.8, 4) is 0 Å². The van der Waals surface area contributed by atoms with Gasteiger partial charge in [-0.15, -0.1) is 0 Å². The highest BCUT2D eigenvalue weighted by Crippen LogP contribution is 2.29. The van der Waals surface area contributed by atoms with Crippen molar-refractivity contribution in [2.24, 2.45) is 0 Å². The summed E-state index contributed by atoms with van der Waals surface area (Å²) in [5.74, 6) is -1.12. The number of halogens is 1. The summed E-state index contributed by atoms with van der Waals surface area (Å²) in [4.78, 5) is 36.9. The zero-order valence-electron chi connectivity index (χ0n) is 11.5. The van der Waals surface area contributed by atoms with E-state index in [1.54, 1.807) is 13.0 Å². The Hall–Kier alpha value is -2.40. The van der Waals surface area contributed by atoms with E-state index in [9.17, 15) is 14.4 Å². The van der Waals surface area contributed by atoms with Crippen molar-refractivity contribution >= 4 is 40.4 Å². The highest BCUT2D eigenvalue weighted by atomic mass is 35.5. The molecule has 108 valence electrons. The molecule has 21 heavy (non-hydrogen) atoms. The first-order valence-corrected chi connectivity index (χ1v) is 6.53. The molecule has 5 nitrogen and oxygen atoms in total. The average Bonchev–Trinajstić information content (AvgIpc) is 2.39. The molecule has 0 aromatic heterocycles. The minimum Gasteiger partial charge on any atom is -0.398 e. The number of carbonyl (C=O) groups is 3. The molecule has 0 atom stereocenters. The molecule has 0 fully saturated rings. The minimum atomic E-state index is -0.407. The molecule has 1 aliphatic rings. The molecule has 0 unspecified atom stereocenters. The van der Waals surface area contributed by atoms with Crippen LogP contribution in [-0.4, -0.2) is 17.5 Å². The zero-order chi connectivity index (χ0) is 15.7. The van der Waals surface area contributed by atoms with Crippen molar-refractivity contribution in [3.63, 3.8) is 0 Å². The van der Waals surface area contributed by atoms with Crippen molar-refractivity contribution in [3.05, 3.63) is 46.6 Å². The number of allylic oxidation sites excluding steroid dienone is 3. The van der Waals surface area contributed by atoms with Gasteiger partial charge < -0.3 is 5.73 Å². The maximum absolute atomic E-state index is 12.1. The number of hydrogen-bond acceptors (Lipinski definition) is 4. The van der Waals surface area contributed by atoms with Crippen LogP contribution in [0.5, 0.6) is 0 Å². The van der Waals surface area contributed by atoms with Gasteiger partial charge in [-0.25, -0.2) is 0 Å². The van der Waals surface area contributed by atoms with Crippen LogP contribution < -0.4 is 10.6 Å². The Morgan fingerprint density at radius 3 is 2.43 bits per heavy atom. The number of nitrogens with two attached hydrogens (primary N) is 1. The van der Waals surface area contributed by atoms with Gasteiger partial charge in [0.25, 0.3) is 0 Å². The Bertz CT molecular complexity index is 720. The van der Waals surface area contributed by atoms with E-state index in [1.807, 2.05) is 0 Å². The lowest BCUT2D eigenvalue weighted by Crippen LogP contribution is -2.33. The molecule has 0 heterocycles. The number of amides is 1. The van der Waals surface area contributed by atoms with Gasteiger partial charge in [-0.3, -0.25) is 19.3 Å². The lowest BCUT2D eigenvalue weighted by Gasteiger charge is -2.24. The van der Waals surface area contributed by atoms with Crippen molar-refractivity contribution in [2.45, 2.75) is 13.8 Å². The largest absolute Gasteiger partial charge is 0.398 e. The molecule has 1 amide bonds. The van der Waals surface area contributed by atoms with E-state index in [-0.39, 0.29) is 16.5 Å². The van der Waals surface area contributed by atoms with Crippen molar-refractivity contribution < 1.29 is 14.4 Å². The van der Waals surface area contributed by atoms with E-state index in [1.165, 1.54) is 25.1 Å². The van der Waals surface area contributed by atoms with Crippen LogP contribution in [0, 0.1) is 0 Å². The van der Waals surface area contributed by atoms with Crippen LogP contribution in [0.1, 0.15) is 13.8 Å². The molecule has 0 bridgehead atoms. The molecule has 1 aromatic rings. The van der Waals surface area contributed by atoms with Crippen molar-refractivity contribution in [1.29, 1.82) is 0 Å². The lowest BCUT2D eigenvalue weighted by atomic mass is 10.0. The second-order valence-corrected chi connectivity index (χ2v) is 5.05. The molecule has 0 aliphatic heterocycles. The fourth-order valence-corrected chi connectivity index (χ4v) is 2.15. The highest BCUT2D eigenvalue weighted by molar-refractivity contribution is 6.33. The Labute approximate surface area is 126 Å². The SMILES string of the molecule is CC(=O)N(C1=CC(=O)C(C)=CC1=O)c1ccc(N)c(Cl)c1. The number of nitrogen functional groups attached to an aromatic ring is 1. The van der Waals surface area contributed by atoms with E-state index < -0.39 is 11.7 Å². The maximum atomic E-state index is 12.1. The van der Waals surface area contributed by atoms with Crippen LogP contribution in [0.2, 0.25) is 5.02 Å². The molecule has 0 radical (unpaired) electrons. The molecule has 2 N–H and O–H groups in total. The molecule has 1 aliphatic carbocycles. The van der Waals surface area contributed by atoms with Crippen molar-refractivity contribution in [2.75, 3.05) is 10.6 Å². The number of carbonyl (C=O) groups excluding carboxylic acids is 3. The third kappa shape index (κ3) is 2.87. The maximum Gasteiger partial charge on any atom is 0.228 e. The molecule has 0 saturated heterocycles. The summed E-state index contributed by atoms with van der Waals surface area (Å²) in [7, 11) is 0. The average molecular weight is 305 g/mol. The summed E-state index contributed by atoms with van der Waals surface area (Å²) in [5, 5.41) is 0.264. The van der Waals surface area contributed by atoms with Gasteiger partial charge in [0, 0.05) is 18.6 Å². The molecule has 2 rings (SSSR count). The number of hydrogen-bond donors (Lipinski definition) is 1. The Morgan fingerprint density at radius 2 is 1.86 bits per heavy atom. The predicted octanol–water partition coefficient (Wildman–Crippen LogP) is 2.26. The normalized spacial score (nSPS) is 14.6. The van der Waals surface area contributed by atoms with Gasteiger partial charge in [0.1, 0.15) is 5.70 Å². The van der Waals surface area contributed by atoms with Crippen LogP contribution in [0.15, 0.2) is 41.6 Å². The fraction of sp³-hybridized carbons (Fsp3) is 0.133. The number of anilines is 2. The Balaban J connectivity index is 2.52. The lowest BCUT2D eigenvalue weighted by molar-refractivity contribution is -0.118. The summed E-state index contributed by atoms with van der Waals surface area (Å²) >= 11 is 5.94. The van der Waals surface area contributed by atoms with Crippen LogP contribution in [-0.2, 0) is 14.4 Å². The van der Waals surface area contributed by atoms with Crippen LogP contribution in [0.25, 0.3) is 0 Å². The molecule has 1 aromatic carbocycles. The Kier molecular flexibility index (Phi) is 3.95. The molecule has 0 spiro atoms. The zero-order valence-corrected chi connectivity index (χ0v) is 12.3. The van der Waals surface area contributed by atoms with E-state index in [2.05, 4.69) is 0 Å². The van der Waals surface area contributed by atoms with Gasteiger partial charge in [-0.2, -0.15) is 0 Å². The third-order valence-electron chi connectivity index (χ3n) is 3.05. The van der Waals surface area contributed by atoms with Gasteiger partial charge in [0.15, 0.2) is 5.78 Å². The predicted molar refractivity (Wildman–Crippen MR) is 80.9 cm³/mol. The summed E-state index contributed by atoms with van der Waals surface area (Å²) in [6, 6.07) is 4.57. The number of benzene rings is 1. The highest BCUT2D eigenvalue weighted by Gasteiger charge is 2.26. The minimum absolute atomic E-state index is 0.000983. The number of nitrogens with zero attached hydrogens (tertiary/aromatic N) is 1. The topological polar surface area (TPSA) is 80.5 Å². The summed E-state index contributed by atoms with van der Waals surface area (Å²) in [6.07, 6.45) is 2.37. The van der Waals surface area contributed by atoms with Gasteiger partial charge in [-0.1, -0.05) is 11.6 Å². The smallest absolute Gasteiger partial charge is 0.228 e. The van der Waals surface area contributed by atoms with E-state index in [4.69, 9.17) is 17.3 Å². The first kappa shape index (κ1) is 15.0. The van der Waals surface area contributed by atoms with Crippen molar-refractivity contribution in [1.82, 2.24) is 0 Å². The second kappa shape index (κ2) is 5.54. The first-order chi connectivity index (χ1) is 9.81. The number of rotatable bonds is 2. The molecule has 6 heteroatoms. The monoisotopic (exact) mass is 304 g/mol. The third-order valence-corrected chi connectivity index (χ3v) is 3.38. The number of ketones is 2. The van der Waals surface area contributed by atoms with Crippen LogP contribution in [0.3, 0.4) is 0 Å². The van der Waals surface area contributed by atoms with Gasteiger partial charge in [0.05, 0.1) is 16.4 Å². The van der Waals surface area contributed by atoms with Gasteiger partial charge in [0.2, 0.25) is 11.7 Å². The second-order valence-electron chi connectivity index (χ2n) is 4.65. The quantitative estimate of drug-likeness (QED) is 0.671. The van der Waals surface area contributed by atoms with Gasteiger partial charge >= 0.3 is 0 Å². The van der Waals surface area contributed by atoms with Crippen LogP contribution in [0.4, 0.5) is 11.4 Å². The van der Waals surface area contributed by atoms with E-state index >= 15 is 0 Å². The molecule has 0 saturated carbocycles. The summed E-state index contributed by atoms with van der Waals surface area (Å²) in [5.41, 5.74) is 6.70. The Morgan fingerprint density at radius 1 is 1.19 bits per heavy atom. The molecular formula is C15H13ClN2O3. The first-order valence-electron chi connectivity index (χ1n) is 6.15. The standard InChI is InChI=1S/C15H13ClN2O3/c1-8-5-15(21)13(7-14(8)20)18(9(2)19)10-3-4-12(17)11(16)6-10/h3-7H,17H2,1-2H3. The summed E-state index contributed by atoms with van der Waals surface area (Å²) < 4.78 is 0. The fourth-order valence-electron chi connectivity index (χ4n) is 1.97.